The van der Waals surface area contributed by atoms with E-state index in [2.05, 4.69) is 9.98 Å². The van der Waals surface area contributed by atoms with Crippen LogP contribution in [0.25, 0.3) is 0 Å². The summed E-state index contributed by atoms with van der Waals surface area (Å²) >= 11 is 0. The third kappa shape index (κ3) is 10.5. The molecule has 6 nitrogen and oxygen atoms in total. The minimum Gasteiger partial charge on any atom is -2.00 e. The number of nitrogens with zero attached hydrogens (tertiary/aromatic N) is 2. The first-order chi connectivity index (χ1) is 15.5. The molecule has 0 radical (unpaired) electrons. The summed E-state index contributed by atoms with van der Waals surface area (Å²) in [5.74, 6) is -0.00303. The van der Waals surface area contributed by atoms with Gasteiger partial charge in [-0.05, 0) is 49.2 Å². The average Bonchev–Trinajstić information content (AvgIpc) is 2.81. The fourth-order valence-corrected chi connectivity index (χ4v) is 2.72. The molecule has 4 aromatic carbocycles. The Hall–Kier alpha value is -3.57. The molecule has 4 rings (SSSR count). The van der Waals surface area contributed by atoms with Gasteiger partial charge in [0.05, 0.1) is 11.4 Å². The van der Waals surface area contributed by atoms with E-state index < -0.39 is 0 Å². The summed E-state index contributed by atoms with van der Waals surface area (Å²) in [5.41, 5.74) is 5.33. The van der Waals surface area contributed by atoms with Gasteiger partial charge in [0, 0.05) is 33.5 Å². The van der Waals surface area contributed by atoms with Crippen molar-refractivity contribution in [1.29, 1.82) is 0 Å². The Morgan fingerprint density at radius 1 is 0.514 bits per heavy atom. The van der Waals surface area contributed by atoms with Crippen LogP contribution in [0.1, 0.15) is 22.3 Å². The van der Waals surface area contributed by atoms with Gasteiger partial charge >= 0.3 is 0 Å². The first-order valence-electron chi connectivity index (χ1n) is 10.2. The Labute approximate surface area is 220 Å². The second kappa shape index (κ2) is 16.1. The average molecular weight is 548 g/mol. The summed E-state index contributed by atoms with van der Waals surface area (Å²) in [7, 11) is 0. The molecule has 0 saturated heterocycles. The van der Waals surface area contributed by atoms with Crippen LogP contribution in [0.2, 0.25) is 0 Å². The first kappa shape index (κ1) is 31.4. The van der Waals surface area contributed by atoms with E-state index in [1.807, 2.05) is 74.5 Å². The van der Waals surface area contributed by atoms with Gasteiger partial charge in [-0.3, -0.25) is 9.98 Å². The summed E-state index contributed by atoms with van der Waals surface area (Å²) in [6.07, 6.45) is 3.21. The molecule has 4 aromatic rings. The van der Waals surface area contributed by atoms with Gasteiger partial charge in [0.2, 0.25) is 0 Å². The Morgan fingerprint density at radius 2 is 0.829 bits per heavy atom. The van der Waals surface area contributed by atoms with Gasteiger partial charge in [-0.2, -0.15) is 0 Å². The molecule has 0 unspecified atom stereocenters. The van der Waals surface area contributed by atoms with Gasteiger partial charge in [0.15, 0.2) is 0 Å². The van der Waals surface area contributed by atoms with Gasteiger partial charge in [-0.25, -0.2) is 0 Å². The number of aliphatic imine (C=N–C) groups is 2. The van der Waals surface area contributed by atoms with Crippen LogP contribution in [-0.2, 0) is 32.0 Å². The number of hydrogen-bond donors (Lipinski definition) is 0. The van der Waals surface area contributed by atoms with Crippen molar-refractivity contribution in [1.82, 2.24) is 0 Å². The van der Waals surface area contributed by atoms with Gasteiger partial charge in [0.1, 0.15) is 0 Å². The van der Waals surface area contributed by atoms with Crippen LogP contribution in [0.5, 0.6) is 11.5 Å². The molecule has 182 valence electrons. The fraction of sp³-hybridized carbons (Fsp3) is 0.0714. The topological polar surface area (TPSA) is 128 Å². The molecule has 0 atom stereocenters. The monoisotopic (exact) mass is 550 g/mol. The van der Waals surface area contributed by atoms with E-state index in [0.717, 1.165) is 11.4 Å². The van der Waals surface area contributed by atoms with Crippen LogP contribution < -0.4 is 10.2 Å². The van der Waals surface area contributed by atoms with Crippen LogP contribution in [0.3, 0.4) is 0 Å². The summed E-state index contributed by atoms with van der Waals surface area (Å²) < 4.78 is 0. The standard InChI is InChI=1S/2C14H13NO.Mo.2O/c2*1-11-6-8-13(9-7-11)15-10-12-4-2-3-5-14(12)16;;;/h2*2-10,16H,1H3;;;/q;;;2*-2/p-2. The summed E-state index contributed by atoms with van der Waals surface area (Å²) in [4.78, 5) is 8.51. The smallest absolute Gasteiger partial charge is 0.0630 e. The van der Waals surface area contributed by atoms with Crippen molar-refractivity contribution in [2.24, 2.45) is 9.98 Å². The predicted molar refractivity (Wildman–Crippen MR) is 130 cm³/mol. The van der Waals surface area contributed by atoms with Crippen molar-refractivity contribution < 1.29 is 42.2 Å². The number of rotatable bonds is 4. The van der Waals surface area contributed by atoms with Crippen molar-refractivity contribution in [2.75, 3.05) is 0 Å². The third-order valence-electron chi connectivity index (χ3n) is 4.61. The summed E-state index contributed by atoms with van der Waals surface area (Å²) in [6, 6.07) is 29.4. The summed E-state index contributed by atoms with van der Waals surface area (Å²) in [5, 5.41) is 22.8. The molecule has 0 bridgehead atoms. The summed E-state index contributed by atoms with van der Waals surface area (Å²) in [6.45, 7) is 4.06. The van der Waals surface area contributed by atoms with Crippen LogP contribution in [0.15, 0.2) is 107 Å². The largest absolute Gasteiger partial charge is 2.00 e. The van der Waals surface area contributed by atoms with Crippen LogP contribution in [0, 0.1) is 13.8 Å². The molecule has 0 spiro atoms. The zero-order valence-electron chi connectivity index (χ0n) is 19.3. The fourth-order valence-electron chi connectivity index (χ4n) is 2.72. The minimum atomic E-state index is -0.00152. The van der Waals surface area contributed by atoms with E-state index in [4.69, 9.17) is 0 Å². The number of benzene rings is 4. The molecule has 0 fully saturated rings. The Bertz CT molecular complexity index is 1110. The minimum absolute atomic E-state index is 0. The molecule has 0 aromatic heterocycles. The maximum atomic E-state index is 11.4. The molecular formula is C28H24MoN2O4-6. The van der Waals surface area contributed by atoms with Gasteiger partial charge < -0.3 is 21.2 Å². The quantitative estimate of drug-likeness (QED) is 0.250. The van der Waals surface area contributed by atoms with E-state index in [1.54, 1.807) is 36.7 Å². The SMILES string of the molecule is Cc1ccc(N=Cc2ccccc2[O-])cc1.Cc1ccc(N=Cc2ccccc2[O-])cc1.[Mo].[O-2].[O-2]. The molecule has 0 saturated carbocycles. The van der Waals surface area contributed by atoms with E-state index in [0.29, 0.717) is 11.1 Å². The molecule has 0 amide bonds. The number of aryl methyl sites for hydroxylation is 2. The van der Waals surface area contributed by atoms with E-state index in [-0.39, 0.29) is 43.5 Å². The first-order valence-corrected chi connectivity index (χ1v) is 10.2. The second-order valence-corrected chi connectivity index (χ2v) is 7.26. The third-order valence-corrected chi connectivity index (χ3v) is 4.61. The molecule has 0 aliphatic heterocycles. The van der Waals surface area contributed by atoms with Gasteiger partial charge in [0.25, 0.3) is 0 Å². The second-order valence-electron chi connectivity index (χ2n) is 7.26. The van der Waals surface area contributed by atoms with Crippen LogP contribution in [0.4, 0.5) is 11.4 Å². The molecule has 0 N–H and O–H groups in total. The Balaban J connectivity index is 0.000000608. The zero-order chi connectivity index (χ0) is 22.8. The van der Waals surface area contributed by atoms with Crippen molar-refractivity contribution >= 4 is 23.8 Å². The molecular weight excluding hydrogens is 524 g/mol. The Kier molecular flexibility index (Phi) is 14.5. The molecule has 0 heterocycles. The normalized spacial score (nSPS) is 9.89. The number of para-hydroxylation sites is 2. The van der Waals surface area contributed by atoms with E-state index in [9.17, 15) is 10.2 Å². The maximum Gasteiger partial charge on any atom is 0.0630 e. The van der Waals surface area contributed by atoms with Crippen molar-refractivity contribution in [3.63, 3.8) is 0 Å². The predicted octanol–water partition coefficient (Wildman–Crippen LogP) is 5.40. The van der Waals surface area contributed by atoms with Gasteiger partial charge in [-0.15, -0.1) is 11.5 Å². The van der Waals surface area contributed by atoms with E-state index >= 15 is 0 Å². The van der Waals surface area contributed by atoms with Crippen LogP contribution in [-0.4, -0.2) is 12.4 Å². The molecule has 7 heteroatoms. The van der Waals surface area contributed by atoms with Crippen molar-refractivity contribution in [2.45, 2.75) is 13.8 Å². The van der Waals surface area contributed by atoms with Crippen LogP contribution >= 0.6 is 0 Å². The van der Waals surface area contributed by atoms with Crippen molar-refractivity contribution in [3.8, 4) is 11.5 Å². The van der Waals surface area contributed by atoms with Gasteiger partial charge in [-0.1, -0.05) is 83.9 Å². The van der Waals surface area contributed by atoms with E-state index in [1.165, 1.54) is 23.3 Å². The number of hydrogen-bond acceptors (Lipinski definition) is 4. The zero-order valence-corrected chi connectivity index (χ0v) is 21.3. The maximum absolute atomic E-state index is 11.4. The van der Waals surface area contributed by atoms with Crippen molar-refractivity contribution in [3.05, 3.63) is 119 Å². The molecule has 35 heavy (non-hydrogen) atoms. The molecule has 0 aliphatic carbocycles. The molecule has 0 aliphatic rings. The Morgan fingerprint density at radius 3 is 1.14 bits per heavy atom.